The number of thiophene rings is 1. The topological polar surface area (TPSA) is 62.2 Å². The molecule has 0 bridgehead atoms. The number of fused-ring (bicyclic) bond motifs is 1. The van der Waals surface area contributed by atoms with E-state index in [1.807, 2.05) is 0 Å². The number of carbonyl (C=O) groups is 1. The monoisotopic (exact) mass is 649 g/mol. The summed E-state index contributed by atoms with van der Waals surface area (Å²) in [7, 11) is 1.76. The summed E-state index contributed by atoms with van der Waals surface area (Å²) in [5, 5.41) is 9.01. The van der Waals surface area contributed by atoms with E-state index in [9.17, 15) is 18.0 Å². The van der Waals surface area contributed by atoms with Gasteiger partial charge in [0.2, 0.25) is 5.95 Å². The quantitative estimate of drug-likeness (QED) is 0.219. The average molecular weight is 651 g/mol. The Labute approximate surface area is 252 Å². The predicted octanol–water partition coefficient (Wildman–Crippen LogP) is 8.70. The molecule has 0 radical (unpaired) electrons. The van der Waals surface area contributed by atoms with Crippen LogP contribution in [-0.4, -0.2) is 34.7 Å². The Hall–Kier alpha value is -2.37. The third-order valence-corrected chi connectivity index (χ3v) is 9.23. The number of piperidine rings is 1. The number of anilines is 3. The van der Waals surface area contributed by atoms with Gasteiger partial charge < -0.3 is 20.1 Å². The molecule has 0 saturated carbocycles. The Balaban J connectivity index is 1.40. The van der Waals surface area contributed by atoms with Crippen LogP contribution in [0.1, 0.15) is 28.1 Å². The van der Waals surface area contributed by atoms with Gasteiger partial charge in [-0.05, 0) is 48.1 Å². The highest BCUT2D eigenvalue weighted by Gasteiger charge is 2.42. The van der Waals surface area contributed by atoms with Crippen molar-refractivity contribution >= 4 is 92.0 Å². The predicted molar refractivity (Wildman–Crippen MR) is 157 cm³/mol. The zero-order chi connectivity index (χ0) is 28.8. The molecule has 3 heterocycles. The van der Waals surface area contributed by atoms with E-state index in [-0.39, 0.29) is 25.4 Å². The molecule has 2 aromatic heterocycles. The maximum absolute atomic E-state index is 13.4. The minimum absolute atomic E-state index is 0.103. The number of benzene rings is 2. The van der Waals surface area contributed by atoms with Gasteiger partial charge in [-0.1, -0.05) is 52.5 Å². The summed E-state index contributed by atoms with van der Waals surface area (Å²) in [6.07, 6.45) is -3.73. The van der Waals surface area contributed by atoms with E-state index >= 15 is 0 Å². The zero-order valence-corrected chi connectivity index (χ0v) is 24.7. The SMILES string of the molecule is Cn1c(Nc2c(Cl)ccc(CNC(=O)c3sccc3Cl)c2Cl)nc2cc(Cl)c(N3CCCC(C(F)(F)F)C3)cc21. The van der Waals surface area contributed by atoms with Gasteiger partial charge in [-0.25, -0.2) is 4.98 Å². The van der Waals surface area contributed by atoms with Crippen LogP contribution in [0.3, 0.4) is 0 Å². The van der Waals surface area contributed by atoms with E-state index in [1.165, 1.54) is 11.3 Å². The fourth-order valence-corrected chi connectivity index (χ4v) is 6.56. The van der Waals surface area contributed by atoms with Gasteiger partial charge in [-0.3, -0.25) is 4.79 Å². The van der Waals surface area contributed by atoms with Crippen molar-refractivity contribution in [2.45, 2.75) is 25.6 Å². The van der Waals surface area contributed by atoms with E-state index in [2.05, 4.69) is 15.6 Å². The first-order valence-electron chi connectivity index (χ1n) is 12.2. The molecule has 4 aromatic rings. The van der Waals surface area contributed by atoms with Crippen LogP contribution in [0, 0.1) is 5.92 Å². The fourth-order valence-electron chi connectivity index (χ4n) is 4.69. The first kappa shape index (κ1) is 29.1. The summed E-state index contributed by atoms with van der Waals surface area (Å²) in [4.78, 5) is 19.2. The summed E-state index contributed by atoms with van der Waals surface area (Å²) in [5.41, 5.74) is 2.74. The summed E-state index contributed by atoms with van der Waals surface area (Å²) >= 11 is 27.0. The van der Waals surface area contributed by atoms with Crippen LogP contribution < -0.4 is 15.5 Å². The molecule has 212 valence electrons. The van der Waals surface area contributed by atoms with Crippen molar-refractivity contribution in [2.75, 3.05) is 23.3 Å². The third kappa shape index (κ3) is 5.83. The molecule has 2 N–H and O–H groups in total. The second kappa shape index (κ2) is 11.5. The number of imidazole rings is 1. The second-order valence-electron chi connectivity index (χ2n) is 9.41. The smallest absolute Gasteiger partial charge is 0.370 e. The van der Waals surface area contributed by atoms with Crippen molar-refractivity contribution in [3.8, 4) is 0 Å². The number of nitrogens with one attached hydrogen (secondary N) is 2. The number of aryl methyl sites for hydroxylation is 1. The Morgan fingerprint density at radius 3 is 2.60 bits per heavy atom. The Morgan fingerprint density at radius 1 is 1.12 bits per heavy atom. The molecule has 40 heavy (non-hydrogen) atoms. The molecule has 0 aliphatic carbocycles. The van der Waals surface area contributed by atoms with Gasteiger partial charge in [0.05, 0.1) is 48.4 Å². The lowest BCUT2D eigenvalue weighted by Crippen LogP contribution is -2.41. The molecule has 0 spiro atoms. The first-order valence-corrected chi connectivity index (χ1v) is 14.6. The number of carbonyl (C=O) groups excluding carboxylic acids is 1. The lowest BCUT2D eigenvalue weighted by atomic mass is 9.97. The van der Waals surface area contributed by atoms with Crippen LogP contribution >= 0.6 is 57.7 Å². The van der Waals surface area contributed by atoms with Crippen LogP contribution in [0.2, 0.25) is 20.1 Å². The van der Waals surface area contributed by atoms with Gasteiger partial charge in [0.15, 0.2) is 0 Å². The van der Waals surface area contributed by atoms with Crippen LogP contribution in [-0.2, 0) is 13.6 Å². The van der Waals surface area contributed by atoms with Crippen LogP contribution in [0.5, 0.6) is 0 Å². The standard InChI is InChI=1S/C26H22Cl4F3N5OS/c1-37-20-10-19(38-7-2-3-14(12-38)26(31,32)33)17(29)9-18(20)35-25(37)36-22-15(27)5-4-13(21(22)30)11-34-24(39)23-16(28)6-8-40-23/h4-6,8-10,14H,2-3,7,11-12H2,1H3,(H,34,39)(H,35,36). The van der Waals surface area contributed by atoms with E-state index in [0.29, 0.717) is 71.9 Å². The Kier molecular flexibility index (Phi) is 8.37. The van der Waals surface area contributed by atoms with E-state index < -0.39 is 12.1 Å². The highest BCUT2D eigenvalue weighted by molar-refractivity contribution is 7.12. The highest BCUT2D eigenvalue weighted by atomic mass is 35.5. The van der Waals surface area contributed by atoms with Crippen LogP contribution in [0.4, 0.5) is 30.5 Å². The summed E-state index contributed by atoms with van der Waals surface area (Å²) in [5.74, 6) is -1.33. The van der Waals surface area contributed by atoms with E-state index in [4.69, 9.17) is 46.4 Å². The molecular formula is C26H22Cl4F3N5OS. The van der Waals surface area contributed by atoms with Gasteiger partial charge in [0.1, 0.15) is 4.88 Å². The summed E-state index contributed by atoms with van der Waals surface area (Å²) in [6.45, 7) is 0.465. The number of hydrogen-bond acceptors (Lipinski definition) is 5. The number of rotatable bonds is 6. The second-order valence-corrected chi connectivity index (χ2v) is 11.9. The van der Waals surface area contributed by atoms with E-state index in [1.54, 1.807) is 52.2 Å². The van der Waals surface area contributed by atoms with Gasteiger partial charge in [0.25, 0.3) is 5.91 Å². The number of alkyl halides is 3. The molecule has 1 unspecified atom stereocenters. The Morgan fingerprint density at radius 2 is 1.90 bits per heavy atom. The van der Waals surface area contributed by atoms with Crippen molar-refractivity contribution in [2.24, 2.45) is 13.0 Å². The molecule has 1 amide bonds. The molecule has 1 saturated heterocycles. The normalized spacial score (nSPS) is 16.0. The van der Waals surface area contributed by atoms with Crippen molar-refractivity contribution in [3.05, 3.63) is 66.2 Å². The minimum Gasteiger partial charge on any atom is -0.370 e. The average Bonchev–Trinajstić information content (AvgIpc) is 3.47. The van der Waals surface area contributed by atoms with Crippen molar-refractivity contribution in [3.63, 3.8) is 0 Å². The maximum Gasteiger partial charge on any atom is 0.393 e. The Bertz CT molecular complexity index is 1590. The lowest BCUT2D eigenvalue weighted by molar-refractivity contribution is -0.175. The highest BCUT2D eigenvalue weighted by Crippen LogP contribution is 2.40. The molecular weight excluding hydrogens is 629 g/mol. The number of amides is 1. The van der Waals surface area contributed by atoms with Gasteiger partial charge in [0, 0.05) is 26.7 Å². The lowest BCUT2D eigenvalue weighted by Gasteiger charge is -2.35. The van der Waals surface area contributed by atoms with Gasteiger partial charge in [-0.15, -0.1) is 11.3 Å². The van der Waals surface area contributed by atoms with Gasteiger partial charge in [-0.2, -0.15) is 13.2 Å². The van der Waals surface area contributed by atoms with Crippen molar-refractivity contribution < 1.29 is 18.0 Å². The van der Waals surface area contributed by atoms with Crippen LogP contribution in [0.15, 0.2) is 35.7 Å². The molecule has 6 nitrogen and oxygen atoms in total. The van der Waals surface area contributed by atoms with Crippen molar-refractivity contribution in [1.82, 2.24) is 14.9 Å². The maximum atomic E-state index is 13.4. The number of aromatic nitrogens is 2. The summed E-state index contributed by atoms with van der Waals surface area (Å²) in [6, 6.07) is 8.40. The number of halogens is 7. The zero-order valence-electron chi connectivity index (χ0n) is 20.9. The molecule has 1 aliphatic rings. The molecule has 5 rings (SSSR count). The van der Waals surface area contributed by atoms with Crippen LogP contribution in [0.25, 0.3) is 11.0 Å². The first-order chi connectivity index (χ1) is 18.9. The molecule has 1 fully saturated rings. The number of nitrogens with zero attached hydrogens (tertiary/aromatic N) is 3. The van der Waals surface area contributed by atoms with Crippen molar-refractivity contribution in [1.29, 1.82) is 0 Å². The largest absolute Gasteiger partial charge is 0.393 e. The third-order valence-electron chi connectivity index (χ3n) is 6.85. The molecule has 1 aliphatic heterocycles. The summed E-state index contributed by atoms with van der Waals surface area (Å²) < 4.78 is 41.9. The number of hydrogen-bond donors (Lipinski definition) is 2. The molecule has 2 aromatic carbocycles. The fraction of sp³-hybridized carbons (Fsp3) is 0.308. The van der Waals surface area contributed by atoms with E-state index in [0.717, 1.165) is 0 Å². The van der Waals surface area contributed by atoms with Gasteiger partial charge >= 0.3 is 6.18 Å². The molecule has 1 atom stereocenters. The minimum atomic E-state index is -4.26. The molecule has 14 heteroatoms.